The van der Waals surface area contributed by atoms with Gasteiger partial charge in [0.15, 0.2) is 16.8 Å². The van der Waals surface area contributed by atoms with Crippen molar-refractivity contribution in [3.63, 3.8) is 0 Å². The molecule has 1 heterocycles. The van der Waals surface area contributed by atoms with E-state index in [2.05, 4.69) is 11.6 Å². The fourth-order valence-corrected chi connectivity index (χ4v) is 3.79. The van der Waals surface area contributed by atoms with Gasteiger partial charge in [0.25, 0.3) is 10.0 Å². The van der Waals surface area contributed by atoms with E-state index < -0.39 is 31.7 Å². The standard InChI is InChI=1S/C12H9F3N2O2S2/c1-2-5-17(12-16-7-11(15)20-12)21(18,19)8-3-4-9(13)10(14)6-8/h2-4,6-7H,1,5H2. The van der Waals surface area contributed by atoms with Crippen molar-refractivity contribution in [1.82, 2.24) is 4.98 Å². The van der Waals surface area contributed by atoms with E-state index in [9.17, 15) is 21.6 Å². The maximum absolute atomic E-state index is 13.2. The molecule has 0 unspecified atom stereocenters. The number of nitrogens with zero attached hydrogens (tertiary/aromatic N) is 2. The van der Waals surface area contributed by atoms with E-state index in [4.69, 9.17) is 0 Å². The Labute approximate surface area is 123 Å². The van der Waals surface area contributed by atoms with Gasteiger partial charge in [-0.15, -0.1) is 6.58 Å². The van der Waals surface area contributed by atoms with Crippen LogP contribution in [0.5, 0.6) is 0 Å². The molecule has 9 heteroatoms. The zero-order valence-corrected chi connectivity index (χ0v) is 12.1. The first kappa shape index (κ1) is 15.5. The molecule has 112 valence electrons. The maximum atomic E-state index is 13.2. The van der Waals surface area contributed by atoms with E-state index in [0.29, 0.717) is 23.5 Å². The van der Waals surface area contributed by atoms with E-state index in [0.717, 1.165) is 16.6 Å². The van der Waals surface area contributed by atoms with Crippen LogP contribution in [0.25, 0.3) is 0 Å². The molecule has 0 saturated carbocycles. The van der Waals surface area contributed by atoms with Crippen molar-refractivity contribution in [3.8, 4) is 0 Å². The fourth-order valence-electron chi connectivity index (χ4n) is 1.52. The normalized spacial score (nSPS) is 11.4. The summed E-state index contributed by atoms with van der Waals surface area (Å²) >= 11 is 0.518. The maximum Gasteiger partial charge on any atom is 0.266 e. The number of benzene rings is 1. The minimum absolute atomic E-state index is 0.128. The van der Waals surface area contributed by atoms with Crippen molar-refractivity contribution in [2.45, 2.75) is 4.90 Å². The molecule has 2 aromatic rings. The Hall–Kier alpha value is -1.87. The van der Waals surface area contributed by atoms with Crippen LogP contribution < -0.4 is 4.31 Å². The second-order valence-electron chi connectivity index (χ2n) is 3.85. The van der Waals surface area contributed by atoms with Gasteiger partial charge in [-0.25, -0.2) is 26.5 Å². The number of hydrogen-bond acceptors (Lipinski definition) is 4. The fraction of sp³-hybridized carbons (Fsp3) is 0.0833. The summed E-state index contributed by atoms with van der Waals surface area (Å²) in [6.07, 6.45) is 2.15. The summed E-state index contributed by atoms with van der Waals surface area (Å²) in [5.41, 5.74) is 0. The number of sulfonamides is 1. The lowest BCUT2D eigenvalue weighted by atomic mass is 10.3. The minimum Gasteiger partial charge on any atom is -0.237 e. The Morgan fingerprint density at radius 2 is 2.00 bits per heavy atom. The first-order valence-corrected chi connectivity index (χ1v) is 7.82. The molecule has 1 aromatic heterocycles. The van der Waals surface area contributed by atoms with E-state index >= 15 is 0 Å². The molecule has 0 atom stereocenters. The third kappa shape index (κ3) is 3.08. The van der Waals surface area contributed by atoms with Crippen molar-refractivity contribution in [2.75, 3.05) is 10.8 Å². The Balaban J connectivity index is 2.51. The Morgan fingerprint density at radius 1 is 1.29 bits per heavy atom. The van der Waals surface area contributed by atoms with Gasteiger partial charge in [-0.3, -0.25) is 0 Å². The van der Waals surface area contributed by atoms with E-state index in [1.807, 2.05) is 0 Å². The molecule has 0 aliphatic heterocycles. The average Bonchev–Trinajstić information content (AvgIpc) is 2.85. The van der Waals surface area contributed by atoms with Crippen molar-refractivity contribution in [1.29, 1.82) is 0 Å². The molecule has 0 aliphatic rings. The van der Waals surface area contributed by atoms with Gasteiger partial charge in [0.2, 0.25) is 5.13 Å². The molecular weight excluding hydrogens is 325 g/mol. The van der Waals surface area contributed by atoms with E-state index in [-0.39, 0.29) is 11.7 Å². The SMILES string of the molecule is C=CCN(c1ncc(F)s1)S(=O)(=O)c1ccc(F)c(F)c1. The van der Waals surface area contributed by atoms with Gasteiger partial charge >= 0.3 is 0 Å². The predicted molar refractivity (Wildman–Crippen MR) is 73.2 cm³/mol. The van der Waals surface area contributed by atoms with Crippen molar-refractivity contribution < 1.29 is 21.6 Å². The Morgan fingerprint density at radius 3 is 2.52 bits per heavy atom. The molecule has 21 heavy (non-hydrogen) atoms. The molecule has 1 aromatic carbocycles. The molecule has 0 radical (unpaired) electrons. The largest absolute Gasteiger partial charge is 0.266 e. The topological polar surface area (TPSA) is 50.3 Å². The molecule has 0 saturated heterocycles. The summed E-state index contributed by atoms with van der Waals surface area (Å²) in [4.78, 5) is 3.18. The zero-order chi connectivity index (χ0) is 15.6. The van der Waals surface area contributed by atoms with Crippen LogP contribution in [0.2, 0.25) is 0 Å². The van der Waals surface area contributed by atoms with Crippen molar-refractivity contribution in [2.24, 2.45) is 0 Å². The van der Waals surface area contributed by atoms with Crippen LogP contribution in [0.3, 0.4) is 0 Å². The summed E-state index contributed by atoms with van der Waals surface area (Å²) in [6, 6.07) is 2.19. The van der Waals surface area contributed by atoms with Crippen LogP contribution >= 0.6 is 11.3 Å². The Kier molecular flexibility index (Phi) is 4.33. The van der Waals surface area contributed by atoms with Gasteiger partial charge in [0.1, 0.15) is 0 Å². The average molecular weight is 334 g/mol. The van der Waals surface area contributed by atoms with Crippen molar-refractivity contribution >= 4 is 26.5 Å². The van der Waals surface area contributed by atoms with Crippen LogP contribution in [-0.2, 0) is 10.0 Å². The number of hydrogen-bond donors (Lipinski definition) is 0. The monoisotopic (exact) mass is 334 g/mol. The van der Waals surface area contributed by atoms with E-state index in [1.165, 1.54) is 6.08 Å². The van der Waals surface area contributed by atoms with Gasteiger partial charge in [-0.1, -0.05) is 17.4 Å². The molecule has 0 N–H and O–H groups in total. The van der Waals surface area contributed by atoms with Gasteiger partial charge in [-0.05, 0) is 18.2 Å². The lowest BCUT2D eigenvalue weighted by Crippen LogP contribution is -2.31. The van der Waals surface area contributed by atoms with E-state index in [1.54, 1.807) is 0 Å². The minimum atomic E-state index is -4.21. The highest BCUT2D eigenvalue weighted by Crippen LogP contribution is 2.27. The summed E-state index contributed by atoms with van der Waals surface area (Å²) in [5, 5.41) is -0.795. The molecule has 0 fully saturated rings. The smallest absolute Gasteiger partial charge is 0.237 e. The molecule has 0 spiro atoms. The molecule has 2 rings (SSSR count). The number of rotatable bonds is 5. The molecule has 4 nitrogen and oxygen atoms in total. The highest BCUT2D eigenvalue weighted by Gasteiger charge is 2.27. The lowest BCUT2D eigenvalue weighted by molar-refractivity contribution is 0.504. The van der Waals surface area contributed by atoms with Crippen LogP contribution in [0.15, 0.2) is 41.9 Å². The number of thiazole rings is 1. The predicted octanol–water partition coefficient (Wildman–Crippen LogP) is 2.94. The molecular formula is C12H9F3N2O2S2. The zero-order valence-electron chi connectivity index (χ0n) is 10.5. The van der Waals surface area contributed by atoms with Gasteiger partial charge in [-0.2, -0.15) is 4.39 Å². The molecule has 0 amide bonds. The first-order chi connectivity index (χ1) is 9.86. The van der Waals surface area contributed by atoms with Gasteiger partial charge < -0.3 is 0 Å². The summed E-state index contributed by atoms with van der Waals surface area (Å²) < 4.78 is 64.8. The molecule has 0 bridgehead atoms. The summed E-state index contributed by atoms with van der Waals surface area (Å²) in [5.74, 6) is -2.45. The Bertz CT molecular complexity index is 775. The highest BCUT2D eigenvalue weighted by atomic mass is 32.2. The van der Waals surface area contributed by atoms with Crippen LogP contribution in [-0.4, -0.2) is 19.9 Å². The number of aromatic nitrogens is 1. The lowest BCUT2D eigenvalue weighted by Gasteiger charge is -2.19. The summed E-state index contributed by atoms with van der Waals surface area (Å²) in [6.45, 7) is 3.23. The quantitative estimate of drug-likeness (QED) is 0.790. The second kappa shape index (κ2) is 5.86. The van der Waals surface area contributed by atoms with Crippen molar-refractivity contribution in [3.05, 3.63) is 53.8 Å². The number of anilines is 1. The molecule has 0 aliphatic carbocycles. The van der Waals surface area contributed by atoms with Crippen LogP contribution in [0.1, 0.15) is 0 Å². The third-order valence-electron chi connectivity index (χ3n) is 2.45. The van der Waals surface area contributed by atoms with Gasteiger partial charge in [0.05, 0.1) is 17.6 Å². The number of halogens is 3. The second-order valence-corrected chi connectivity index (χ2v) is 6.67. The summed E-state index contributed by atoms with van der Waals surface area (Å²) in [7, 11) is -4.21. The highest BCUT2D eigenvalue weighted by molar-refractivity contribution is 7.93. The third-order valence-corrected chi connectivity index (χ3v) is 5.13. The van der Waals surface area contributed by atoms with Gasteiger partial charge in [0, 0.05) is 0 Å². The van der Waals surface area contributed by atoms with Crippen LogP contribution in [0, 0.1) is 16.8 Å². The first-order valence-electron chi connectivity index (χ1n) is 5.56. The van der Waals surface area contributed by atoms with Crippen LogP contribution in [0.4, 0.5) is 18.3 Å².